The van der Waals surface area contributed by atoms with E-state index >= 15 is 0 Å². The lowest BCUT2D eigenvalue weighted by Crippen LogP contribution is -2.31. The molecule has 0 fully saturated rings. The Balaban J connectivity index is 0.00000115. The molecule has 0 saturated heterocycles. The minimum absolute atomic E-state index is 0.446. The molecule has 4 rings (SSSR count). The standard InChI is InChI=1S/C26H25N5OS.C3H4/c1-17-4-2-3-5-21(17)26-22-14-19(8-12-23(22)33-24(26)15-27)16-32-20-10-6-18(7-11-20)9-13-25(30-28)31-29;1-3-2/h2-8,10-12,14H,9,13,16,28-29H2,1H3,(H,30,31);1H,2H3. The molecule has 0 radical (unpaired) electrons. The van der Waals surface area contributed by atoms with E-state index in [1.54, 1.807) is 6.92 Å². The van der Waals surface area contributed by atoms with Crippen molar-refractivity contribution in [1.82, 2.24) is 5.43 Å². The van der Waals surface area contributed by atoms with Gasteiger partial charge >= 0.3 is 0 Å². The number of benzene rings is 3. The second-order valence-corrected chi connectivity index (χ2v) is 9.06. The number of hydrazone groups is 1. The number of nitriles is 1. The van der Waals surface area contributed by atoms with E-state index in [0.717, 1.165) is 55.0 Å². The van der Waals surface area contributed by atoms with Crippen LogP contribution >= 0.6 is 11.3 Å². The molecule has 3 aromatic carbocycles. The summed E-state index contributed by atoms with van der Waals surface area (Å²) in [5, 5.41) is 14.4. The van der Waals surface area contributed by atoms with Crippen LogP contribution < -0.4 is 21.8 Å². The SMILES string of the molecule is C#CC.Cc1ccccc1-c1c(C#N)sc2ccc(COc3ccc(CC/C(=N/N)NN)cc3)cc12. The van der Waals surface area contributed by atoms with Gasteiger partial charge in [0.2, 0.25) is 0 Å². The first-order chi connectivity index (χ1) is 17.5. The molecular weight excluding hydrogens is 466 g/mol. The number of nitrogens with zero attached hydrogens (tertiary/aromatic N) is 2. The van der Waals surface area contributed by atoms with Crippen molar-refractivity contribution in [2.45, 2.75) is 33.3 Å². The van der Waals surface area contributed by atoms with E-state index in [-0.39, 0.29) is 0 Å². The maximum Gasteiger partial charge on any atom is 0.136 e. The molecule has 0 saturated carbocycles. The van der Waals surface area contributed by atoms with Crippen molar-refractivity contribution in [2.24, 2.45) is 16.8 Å². The molecule has 182 valence electrons. The largest absolute Gasteiger partial charge is 0.489 e. The van der Waals surface area contributed by atoms with Crippen molar-refractivity contribution in [3.8, 4) is 35.3 Å². The van der Waals surface area contributed by atoms with Gasteiger partial charge in [0, 0.05) is 22.1 Å². The van der Waals surface area contributed by atoms with E-state index in [0.29, 0.717) is 18.9 Å². The second kappa shape index (κ2) is 13.0. The molecule has 4 aromatic rings. The van der Waals surface area contributed by atoms with Crippen LogP contribution in [-0.2, 0) is 13.0 Å². The Morgan fingerprint density at radius 3 is 2.44 bits per heavy atom. The summed E-state index contributed by atoms with van der Waals surface area (Å²) in [7, 11) is 0. The lowest BCUT2D eigenvalue weighted by atomic mass is 9.97. The summed E-state index contributed by atoms with van der Waals surface area (Å²) in [6.07, 6.45) is 6.01. The summed E-state index contributed by atoms with van der Waals surface area (Å²) in [4.78, 5) is 0.737. The third kappa shape index (κ3) is 6.43. The molecule has 1 aromatic heterocycles. The zero-order valence-corrected chi connectivity index (χ0v) is 21.2. The van der Waals surface area contributed by atoms with E-state index in [1.807, 2.05) is 36.4 Å². The highest BCUT2D eigenvalue weighted by atomic mass is 32.1. The van der Waals surface area contributed by atoms with Crippen molar-refractivity contribution in [3.05, 3.63) is 88.3 Å². The number of hydrogen-bond acceptors (Lipinski definition) is 6. The van der Waals surface area contributed by atoms with Crippen molar-refractivity contribution < 1.29 is 4.74 Å². The Labute approximate surface area is 216 Å². The summed E-state index contributed by atoms with van der Waals surface area (Å²) in [6.45, 7) is 4.17. The highest BCUT2D eigenvalue weighted by molar-refractivity contribution is 7.20. The Hall–Kier alpha value is -4.30. The average molecular weight is 496 g/mol. The molecule has 0 atom stereocenters. The number of rotatable bonds is 7. The first-order valence-corrected chi connectivity index (χ1v) is 12.2. The number of ether oxygens (including phenoxy) is 1. The fourth-order valence-electron chi connectivity index (χ4n) is 3.79. The van der Waals surface area contributed by atoms with Crippen molar-refractivity contribution in [2.75, 3.05) is 0 Å². The van der Waals surface area contributed by atoms with E-state index in [1.165, 1.54) is 11.3 Å². The Morgan fingerprint density at radius 1 is 1.11 bits per heavy atom. The number of hydrogen-bond donors (Lipinski definition) is 3. The molecule has 36 heavy (non-hydrogen) atoms. The van der Waals surface area contributed by atoms with Gasteiger partial charge in [-0.2, -0.15) is 10.4 Å². The number of hydrazine groups is 1. The van der Waals surface area contributed by atoms with Gasteiger partial charge in [0.1, 0.15) is 29.1 Å². The molecule has 0 unspecified atom stereocenters. The maximum absolute atomic E-state index is 9.73. The lowest BCUT2D eigenvalue weighted by molar-refractivity contribution is 0.306. The van der Waals surface area contributed by atoms with Crippen LogP contribution in [0.4, 0.5) is 0 Å². The number of thiophene rings is 1. The van der Waals surface area contributed by atoms with Gasteiger partial charge in [0.25, 0.3) is 0 Å². The third-order valence-electron chi connectivity index (χ3n) is 5.57. The lowest BCUT2D eigenvalue weighted by Gasteiger charge is -2.09. The van der Waals surface area contributed by atoms with Crippen molar-refractivity contribution >= 4 is 27.3 Å². The summed E-state index contributed by atoms with van der Waals surface area (Å²) in [6, 6.07) is 24.8. The number of terminal acetylenes is 1. The predicted molar refractivity (Wildman–Crippen MR) is 149 cm³/mol. The van der Waals surface area contributed by atoms with Gasteiger partial charge in [-0.15, -0.1) is 23.7 Å². The average Bonchev–Trinajstić information content (AvgIpc) is 3.27. The van der Waals surface area contributed by atoms with Crippen molar-refractivity contribution in [3.63, 3.8) is 0 Å². The second-order valence-electron chi connectivity index (χ2n) is 8.00. The molecule has 0 aliphatic rings. The Morgan fingerprint density at radius 2 is 1.81 bits per heavy atom. The summed E-state index contributed by atoms with van der Waals surface area (Å²) < 4.78 is 7.13. The molecular formula is C29H29N5OS. The number of fused-ring (bicyclic) bond motifs is 1. The quantitative estimate of drug-likeness (QED) is 0.101. The maximum atomic E-state index is 9.73. The summed E-state index contributed by atoms with van der Waals surface area (Å²) in [5.41, 5.74) is 7.95. The number of aryl methyl sites for hydroxylation is 2. The number of nitrogens with two attached hydrogens (primary N) is 2. The van der Waals surface area contributed by atoms with Crippen molar-refractivity contribution in [1.29, 1.82) is 5.26 Å². The van der Waals surface area contributed by atoms with Crippen LogP contribution in [0.2, 0.25) is 0 Å². The van der Waals surface area contributed by atoms with E-state index in [2.05, 4.69) is 66.2 Å². The molecule has 0 amide bonds. The summed E-state index contributed by atoms with van der Waals surface area (Å²) in [5.74, 6) is 14.2. The molecule has 1 heterocycles. The fraction of sp³-hybridized carbons (Fsp3) is 0.172. The topological polar surface area (TPSA) is 109 Å². The van der Waals surface area contributed by atoms with Gasteiger partial charge in [-0.05, 0) is 66.8 Å². The van der Waals surface area contributed by atoms with Gasteiger partial charge in [-0.25, -0.2) is 5.84 Å². The van der Waals surface area contributed by atoms with Gasteiger partial charge in [-0.1, -0.05) is 42.5 Å². The number of amidine groups is 1. The van der Waals surface area contributed by atoms with Gasteiger partial charge in [0.05, 0.1) is 0 Å². The Kier molecular flexibility index (Phi) is 9.48. The van der Waals surface area contributed by atoms with E-state index in [9.17, 15) is 5.26 Å². The predicted octanol–water partition coefficient (Wildman–Crippen LogP) is 5.64. The van der Waals surface area contributed by atoms with Crippen LogP contribution in [0.1, 0.15) is 34.9 Å². The van der Waals surface area contributed by atoms with E-state index < -0.39 is 0 Å². The Bertz CT molecular complexity index is 1430. The van der Waals surface area contributed by atoms with Crippen LogP contribution in [0.15, 0.2) is 71.8 Å². The highest BCUT2D eigenvalue weighted by Crippen LogP contribution is 2.40. The van der Waals surface area contributed by atoms with Crippen LogP contribution in [0.5, 0.6) is 5.75 Å². The highest BCUT2D eigenvalue weighted by Gasteiger charge is 2.16. The summed E-state index contributed by atoms with van der Waals surface area (Å²) >= 11 is 1.53. The third-order valence-corrected chi connectivity index (χ3v) is 6.65. The molecule has 0 spiro atoms. The molecule has 0 bridgehead atoms. The smallest absolute Gasteiger partial charge is 0.136 e. The first kappa shape index (κ1) is 26.3. The molecule has 0 aliphatic heterocycles. The van der Waals surface area contributed by atoms with Crippen LogP contribution in [0, 0.1) is 30.6 Å². The molecule has 7 heteroatoms. The van der Waals surface area contributed by atoms with Crippen LogP contribution in [-0.4, -0.2) is 5.84 Å². The van der Waals surface area contributed by atoms with Gasteiger partial charge < -0.3 is 16.0 Å². The monoisotopic (exact) mass is 495 g/mol. The molecule has 0 aliphatic carbocycles. The van der Waals surface area contributed by atoms with Gasteiger partial charge in [0.15, 0.2) is 0 Å². The minimum Gasteiger partial charge on any atom is -0.489 e. The van der Waals surface area contributed by atoms with E-state index in [4.69, 9.17) is 16.4 Å². The molecule has 6 nitrogen and oxygen atoms in total. The minimum atomic E-state index is 0.446. The zero-order chi connectivity index (χ0) is 25.9. The fourth-order valence-corrected chi connectivity index (χ4v) is 4.78. The normalized spacial score (nSPS) is 10.6. The first-order valence-electron chi connectivity index (χ1n) is 11.4. The molecule has 5 N–H and O–H groups in total. The van der Waals surface area contributed by atoms with Gasteiger partial charge in [-0.3, -0.25) is 0 Å². The number of nitrogens with one attached hydrogen (secondary N) is 1. The van der Waals surface area contributed by atoms with Crippen LogP contribution in [0.3, 0.4) is 0 Å². The van der Waals surface area contributed by atoms with Crippen LogP contribution in [0.25, 0.3) is 21.2 Å². The zero-order valence-electron chi connectivity index (χ0n) is 20.4.